The smallest absolute Gasteiger partial charge is 0.178 e. The van der Waals surface area contributed by atoms with Gasteiger partial charge in [-0.3, -0.25) is 4.90 Å². The van der Waals surface area contributed by atoms with Crippen LogP contribution in [-0.2, 0) is 4.74 Å². The van der Waals surface area contributed by atoms with Crippen LogP contribution in [0.2, 0.25) is 10.0 Å². The summed E-state index contributed by atoms with van der Waals surface area (Å²) in [6, 6.07) is 15.1. The molecule has 6 nitrogen and oxygen atoms in total. The number of nitrogens with zero attached hydrogens (tertiary/aromatic N) is 5. The number of hydrogen-bond donors (Lipinski definition) is 0. The van der Waals surface area contributed by atoms with Crippen LogP contribution in [0.3, 0.4) is 0 Å². The summed E-state index contributed by atoms with van der Waals surface area (Å²) in [6.07, 6.45) is 0. The van der Waals surface area contributed by atoms with E-state index in [0.717, 1.165) is 24.3 Å². The lowest BCUT2D eigenvalue weighted by Crippen LogP contribution is -2.40. The SMILES string of the molecule is Clc1ccc(-n2nnnc2[C@H](c2ccccc2Cl)N2CCOCC2)cc1. The number of halogens is 2. The van der Waals surface area contributed by atoms with Gasteiger partial charge in [0.15, 0.2) is 5.82 Å². The van der Waals surface area contributed by atoms with Gasteiger partial charge in [-0.05, 0) is 46.3 Å². The van der Waals surface area contributed by atoms with Crippen molar-refractivity contribution in [1.82, 2.24) is 25.1 Å². The molecular weight excluding hydrogens is 373 g/mol. The maximum Gasteiger partial charge on any atom is 0.178 e. The molecule has 0 radical (unpaired) electrons. The third kappa shape index (κ3) is 3.46. The molecule has 1 aliphatic heterocycles. The molecule has 4 rings (SSSR count). The van der Waals surface area contributed by atoms with Gasteiger partial charge in [0.05, 0.1) is 24.9 Å². The van der Waals surface area contributed by atoms with Crippen molar-refractivity contribution in [3.63, 3.8) is 0 Å². The fraction of sp³-hybridized carbons (Fsp3) is 0.278. The number of ether oxygens (including phenoxy) is 1. The highest BCUT2D eigenvalue weighted by molar-refractivity contribution is 6.31. The van der Waals surface area contributed by atoms with Gasteiger partial charge >= 0.3 is 0 Å². The van der Waals surface area contributed by atoms with E-state index in [9.17, 15) is 0 Å². The van der Waals surface area contributed by atoms with Crippen LogP contribution < -0.4 is 0 Å². The molecule has 2 heterocycles. The summed E-state index contributed by atoms with van der Waals surface area (Å²) in [5.74, 6) is 0.710. The van der Waals surface area contributed by atoms with Crippen molar-refractivity contribution < 1.29 is 4.74 Å². The van der Waals surface area contributed by atoms with Gasteiger partial charge in [-0.25, -0.2) is 0 Å². The predicted octanol–water partition coefficient (Wildman–Crippen LogP) is 3.39. The number of benzene rings is 2. The number of aromatic nitrogens is 4. The fourth-order valence-corrected chi connectivity index (χ4v) is 3.53. The molecule has 1 aromatic heterocycles. The molecule has 0 N–H and O–H groups in total. The first kappa shape index (κ1) is 17.4. The third-order valence-electron chi connectivity index (χ3n) is 4.42. The van der Waals surface area contributed by atoms with Crippen molar-refractivity contribution in [2.45, 2.75) is 6.04 Å². The van der Waals surface area contributed by atoms with Gasteiger partial charge < -0.3 is 4.74 Å². The van der Waals surface area contributed by atoms with Crippen LogP contribution in [0.25, 0.3) is 5.69 Å². The molecule has 0 spiro atoms. The van der Waals surface area contributed by atoms with E-state index in [2.05, 4.69) is 20.4 Å². The van der Waals surface area contributed by atoms with Crippen molar-refractivity contribution in [1.29, 1.82) is 0 Å². The zero-order chi connectivity index (χ0) is 17.9. The first-order valence-corrected chi connectivity index (χ1v) is 9.10. The highest BCUT2D eigenvalue weighted by atomic mass is 35.5. The van der Waals surface area contributed by atoms with Gasteiger partial charge in [0.2, 0.25) is 0 Å². The molecule has 134 valence electrons. The van der Waals surface area contributed by atoms with Crippen LogP contribution in [0.1, 0.15) is 17.4 Å². The van der Waals surface area contributed by atoms with E-state index in [1.165, 1.54) is 0 Å². The molecule has 1 fully saturated rings. The fourth-order valence-electron chi connectivity index (χ4n) is 3.16. The van der Waals surface area contributed by atoms with E-state index in [0.29, 0.717) is 29.1 Å². The summed E-state index contributed by atoms with van der Waals surface area (Å²) in [5, 5.41) is 13.8. The summed E-state index contributed by atoms with van der Waals surface area (Å²) < 4.78 is 7.25. The zero-order valence-corrected chi connectivity index (χ0v) is 15.4. The van der Waals surface area contributed by atoms with E-state index in [1.807, 2.05) is 48.5 Å². The van der Waals surface area contributed by atoms with E-state index >= 15 is 0 Å². The number of hydrogen-bond acceptors (Lipinski definition) is 5. The van der Waals surface area contributed by atoms with Gasteiger partial charge in [-0.2, -0.15) is 4.68 Å². The Bertz CT molecular complexity index is 877. The second-order valence-corrected chi connectivity index (χ2v) is 6.84. The van der Waals surface area contributed by atoms with Gasteiger partial charge in [-0.1, -0.05) is 41.4 Å². The van der Waals surface area contributed by atoms with Crippen molar-refractivity contribution in [2.75, 3.05) is 26.3 Å². The minimum atomic E-state index is -0.168. The third-order valence-corrected chi connectivity index (χ3v) is 5.02. The molecule has 0 saturated carbocycles. The summed E-state index contributed by atoms with van der Waals surface area (Å²) in [6.45, 7) is 2.90. The summed E-state index contributed by atoms with van der Waals surface area (Å²) in [5.41, 5.74) is 1.82. The molecule has 0 aliphatic carbocycles. The van der Waals surface area contributed by atoms with Gasteiger partial charge in [0, 0.05) is 23.1 Å². The van der Waals surface area contributed by atoms with Crippen molar-refractivity contribution >= 4 is 23.2 Å². The zero-order valence-electron chi connectivity index (χ0n) is 13.9. The molecule has 0 bridgehead atoms. The summed E-state index contributed by atoms with van der Waals surface area (Å²) in [4.78, 5) is 2.29. The number of rotatable bonds is 4. The van der Waals surface area contributed by atoms with Crippen LogP contribution in [0, 0.1) is 0 Å². The van der Waals surface area contributed by atoms with Crippen LogP contribution >= 0.6 is 23.2 Å². The minimum absolute atomic E-state index is 0.168. The largest absolute Gasteiger partial charge is 0.379 e. The average Bonchev–Trinajstić information content (AvgIpc) is 3.14. The van der Waals surface area contributed by atoms with Crippen LogP contribution in [-0.4, -0.2) is 51.4 Å². The lowest BCUT2D eigenvalue weighted by atomic mass is 10.0. The molecule has 26 heavy (non-hydrogen) atoms. The van der Waals surface area contributed by atoms with Crippen LogP contribution in [0.15, 0.2) is 48.5 Å². The molecule has 2 aromatic carbocycles. The van der Waals surface area contributed by atoms with E-state index in [-0.39, 0.29) is 6.04 Å². The Balaban J connectivity index is 1.81. The Morgan fingerprint density at radius 2 is 1.69 bits per heavy atom. The maximum absolute atomic E-state index is 6.52. The predicted molar refractivity (Wildman–Crippen MR) is 99.9 cm³/mol. The highest BCUT2D eigenvalue weighted by Crippen LogP contribution is 2.33. The number of tetrazole rings is 1. The Labute approximate surface area is 161 Å². The Kier molecular flexibility index (Phi) is 5.17. The van der Waals surface area contributed by atoms with Gasteiger partial charge in [0.1, 0.15) is 0 Å². The standard InChI is InChI=1S/C18H17Cl2N5O/c19-13-5-7-14(8-6-13)25-18(21-22-23-25)17(24-9-11-26-12-10-24)15-3-1-2-4-16(15)20/h1-8,17H,9-12H2/t17-/m0/s1. The maximum atomic E-state index is 6.52. The van der Waals surface area contributed by atoms with Crippen molar-refractivity contribution in [2.24, 2.45) is 0 Å². The van der Waals surface area contributed by atoms with E-state index in [1.54, 1.807) is 4.68 Å². The molecule has 1 atom stereocenters. The van der Waals surface area contributed by atoms with Crippen molar-refractivity contribution in [3.8, 4) is 5.69 Å². The van der Waals surface area contributed by atoms with Crippen LogP contribution in [0.5, 0.6) is 0 Å². The normalized spacial score (nSPS) is 16.5. The second kappa shape index (κ2) is 7.72. The minimum Gasteiger partial charge on any atom is -0.379 e. The van der Waals surface area contributed by atoms with Crippen LogP contribution in [0.4, 0.5) is 0 Å². The molecule has 1 aliphatic rings. The highest BCUT2D eigenvalue weighted by Gasteiger charge is 2.31. The first-order valence-electron chi connectivity index (χ1n) is 8.34. The lowest BCUT2D eigenvalue weighted by Gasteiger charge is -2.34. The molecule has 0 unspecified atom stereocenters. The molecule has 3 aromatic rings. The Morgan fingerprint density at radius 1 is 0.962 bits per heavy atom. The second-order valence-electron chi connectivity index (χ2n) is 6.00. The average molecular weight is 390 g/mol. The summed E-state index contributed by atoms with van der Waals surface area (Å²) >= 11 is 12.5. The number of morpholine rings is 1. The molecule has 1 saturated heterocycles. The first-order chi connectivity index (χ1) is 12.7. The lowest BCUT2D eigenvalue weighted by molar-refractivity contribution is 0.0220. The quantitative estimate of drug-likeness (QED) is 0.684. The molecule has 8 heteroatoms. The Morgan fingerprint density at radius 3 is 2.42 bits per heavy atom. The Hall–Kier alpha value is -1.99. The summed E-state index contributed by atoms with van der Waals surface area (Å²) in [7, 11) is 0. The van der Waals surface area contributed by atoms with Gasteiger partial charge in [-0.15, -0.1) is 5.10 Å². The van der Waals surface area contributed by atoms with E-state index < -0.39 is 0 Å². The van der Waals surface area contributed by atoms with Crippen molar-refractivity contribution in [3.05, 3.63) is 70.0 Å². The monoisotopic (exact) mass is 389 g/mol. The van der Waals surface area contributed by atoms with E-state index in [4.69, 9.17) is 27.9 Å². The molecule has 0 amide bonds. The van der Waals surface area contributed by atoms with Gasteiger partial charge in [0.25, 0.3) is 0 Å². The molecular formula is C18H17Cl2N5O. The topological polar surface area (TPSA) is 56.1 Å².